The van der Waals surface area contributed by atoms with Gasteiger partial charge in [-0.1, -0.05) is 36.0 Å². The maximum atomic E-state index is 13.8. The first-order valence-corrected chi connectivity index (χ1v) is 9.26. The predicted octanol–water partition coefficient (Wildman–Crippen LogP) is 4.63. The molecule has 0 unspecified atom stereocenters. The fraction of sp³-hybridized carbons (Fsp3) is 0.200. The fourth-order valence-corrected chi connectivity index (χ4v) is 3.50. The van der Waals surface area contributed by atoms with Crippen LogP contribution in [0.4, 0.5) is 10.1 Å². The Morgan fingerprint density at radius 2 is 1.85 bits per heavy atom. The second-order valence-electron chi connectivity index (χ2n) is 6.03. The summed E-state index contributed by atoms with van der Waals surface area (Å²) < 4.78 is 15.8. The highest BCUT2D eigenvalue weighted by molar-refractivity contribution is 7.98. The molecule has 0 bridgehead atoms. The molecule has 1 heterocycles. The Balaban J connectivity index is 1.86. The van der Waals surface area contributed by atoms with Crippen LogP contribution in [0.25, 0.3) is 11.4 Å². The number of allylic oxidation sites excluding steroid dienone is 1. The highest BCUT2D eigenvalue weighted by Crippen LogP contribution is 2.28. The number of thioether (sulfide) groups is 1. The maximum Gasteiger partial charge on any atom is 0.192 e. The van der Waals surface area contributed by atoms with Crippen molar-refractivity contribution < 1.29 is 4.39 Å². The van der Waals surface area contributed by atoms with E-state index in [2.05, 4.69) is 28.9 Å². The van der Waals surface area contributed by atoms with E-state index in [-0.39, 0.29) is 5.82 Å². The van der Waals surface area contributed by atoms with Crippen LogP contribution < -0.4 is 4.90 Å². The third kappa shape index (κ3) is 3.96. The van der Waals surface area contributed by atoms with Gasteiger partial charge < -0.3 is 4.90 Å². The summed E-state index contributed by atoms with van der Waals surface area (Å²) in [6.07, 6.45) is 1.81. The quantitative estimate of drug-likeness (QED) is 0.450. The molecule has 1 aromatic heterocycles. The standard InChI is InChI=1S/C20H21FN4S/c1-4-13-25-19(15-9-11-17(12-10-15)24(2)3)22-23-20(25)26-14-16-7-5-6-8-18(16)21/h4-12H,1,13-14H2,2-3H3. The first kappa shape index (κ1) is 18.2. The summed E-state index contributed by atoms with van der Waals surface area (Å²) in [6.45, 7) is 4.42. The molecular weight excluding hydrogens is 347 g/mol. The number of hydrogen-bond acceptors (Lipinski definition) is 4. The van der Waals surface area contributed by atoms with Gasteiger partial charge in [0.05, 0.1) is 0 Å². The van der Waals surface area contributed by atoms with Crippen LogP contribution in [0.15, 0.2) is 66.3 Å². The lowest BCUT2D eigenvalue weighted by molar-refractivity contribution is 0.617. The normalized spacial score (nSPS) is 10.7. The summed E-state index contributed by atoms with van der Waals surface area (Å²) in [5, 5.41) is 9.41. The van der Waals surface area contributed by atoms with Crippen LogP contribution >= 0.6 is 11.8 Å². The van der Waals surface area contributed by atoms with Gasteiger partial charge in [0, 0.05) is 37.6 Å². The zero-order valence-corrected chi connectivity index (χ0v) is 15.7. The largest absolute Gasteiger partial charge is 0.378 e. The van der Waals surface area contributed by atoms with Crippen molar-refractivity contribution in [2.75, 3.05) is 19.0 Å². The third-order valence-corrected chi connectivity index (χ3v) is 5.00. The number of nitrogens with zero attached hydrogens (tertiary/aromatic N) is 4. The number of halogens is 1. The zero-order chi connectivity index (χ0) is 18.5. The summed E-state index contributed by atoms with van der Waals surface area (Å²) in [5.41, 5.74) is 2.77. The van der Waals surface area contributed by atoms with E-state index in [0.717, 1.165) is 22.2 Å². The van der Waals surface area contributed by atoms with E-state index in [1.54, 1.807) is 12.1 Å². The molecule has 3 aromatic rings. The number of aromatic nitrogens is 3. The van der Waals surface area contributed by atoms with Gasteiger partial charge in [-0.05, 0) is 35.9 Å². The van der Waals surface area contributed by atoms with Crippen molar-refractivity contribution in [3.8, 4) is 11.4 Å². The zero-order valence-electron chi connectivity index (χ0n) is 14.9. The van der Waals surface area contributed by atoms with Crippen molar-refractivity contribution in [2.45, 2.75) is 17.5 Å². The Morgan fingerprint density at radius 3 is 2.50 bits per heavy atom. The van der Waals surface area contributed by atoms with Gasteiger partial charge in [-0.15, -0.1) is 16.8 Å². The summed E-state index contributed by atoms with van der Waals surface area (Å²) in [4.78, 5) is 2.05. The average Bonchev–Trinajstić information content (AvgIpc) is 3.04. The molecule has 0 atom stereocenters. The minimum absolute atomic E-state index is 0.200. The van der Waals surface area contributed by atoms with Crippen molar-refractivity contribution in [3.63, 3.8) is 0 Å². The molecule has 0 fully saturated rings. The molecule has 0 amide bonds. The van der Waals surface area contributed by atoms with E-state index >= 15 is 0 Å². The summed E-state index contributed by atoms with van der Waals surface area (Å²) in [6, 6.07) is 15.0. The summed E-state index contributed by atoms with van der Waals surface area (Å²) >= 11 is 1.47. The van der Waals surface area contributed by atoms with Crippen molar-refractivity contribution >= 4 is 17.4 Å². The van der Waals surface area contributed by atoms with E-state index in [4.69, 9.17) is 0 Å². The van der Waals surface area contributed by atoms with E-state index in [0.29, 0.717) is 17.9 Å². The van der Waals surface area contributed by atoms with Gasteiger partial charge in [0.15, 0.2) is 11.0 Å². The molecule has 0 radical (unpaired) electrons. The topological polar surface area (TPSA) is 34.0 Å². The molecule has 134 valence electrons. The number of anilines is 1. The van der Waals surface area contributed by atoms with Gasteiger partial charge in [0.2, 0.25) is 0 Å². The van der Waals surface area contributed by atoms with Gasteiger partial charge in [-0.2, -0.15) is 0 Å². The number of rotatable bonds is 7. The minimum Gasteiger partial charge on any atom is -0.378 e. The lowest BCUT2D eigenvalue weighted by Gasteiger charge is -2.13. The molecule has 0 aliphatic rings. The predicted molar refractivity (Wildman–Crippen MR) is 106 cm³/mol. The van der Waals surface area contributed by atoms with E-state index in [1.165, 1.54) is 17.8 Å². The lowest BCUT2D eigenvalue weighted by Crippen LogP contribution is -2.08. The van der Waals surface area contributed by atoms with Crippen LogP contribution in [0.5, 0.6) is 0 Å². The van der Waals surface area contributed by atoms with Gasteiger partial charge in [-0.25, -0.2) is 4.39 Å². The first-order valence-electron chi connectivity index (χ1n) is 8.28. The summed E-state index contributed by atoms with van der Waals surface area (Å²) in [7, 11) is 4.01. The number of benzene rings is 2. The first-order chi connectivity index (χ1) is 12.6. The monoisotopic (exact) mass is 368 g/mol. The van der Waals surface area contributed by atoms with Crippen LogP contribution in [-0.2, 0) is 12.3 Å². The van der Waals surface area contributed by atoms with Crippen molar-refractivity contribution in [2.24, 2.45) is 0 Å². The molecule has 0 N–H and O–H groups in total. The molecule has 0 aliphatic heterocycles. The van der Waals surface area contributed by atoms with Crippen molar-refractivity contribution in [1.29, 1.82) is 0 Å². The van der Waals surface area contributed by atoms with Gasteiger partial charge >= 0.3 is 0 Å². The molecule has 6 heteroatoms. The molecule has 0 aliphatic carbocycles. The molecular formula is C20H21FN4S. The van der Waals surface area contributed by atoms with E-state index in [1.807, 2.05) is 47.8 Å². The van der Waals surface area contributed by atoms with Crippen molar-refractivity contribution in [3.05, 3.63) is 72.6 Å². The van der Waals surface area contributed by atoms with E-state index in [9.17, 15) is 4.39 Å². The van der Waals surface area contributed by atoms with E-state index < -0.39 is 0 Å². The molecule has 0 saturated carbocycles. The Labute approximate surface area is 157 Å². The van der Waals surface area contributed by atoms with Crippen LogP contribution in [0.1, 0.15) is 5.56 Å². The van der Waals surface area contributed by atoms with Gasteiger partial charge in [0.1, 0.15) is 5.82 Å². The molecule has 0 saturated heterocycles. The second kappa shape index (κ2) is 8.19. The fourth-order valence-electron chi connectivity index (χ4n) is 2.57. The van der Waals surface area contributed by atoms with Crippen LogP contribution in [0.2, 0.25) is 0 Å². The molecule has 26 heavy (non-hydrogen) atoms. The molecule has 3 rings (SSSR count). The maximum absolute atomic E-state index is 13.8. The van der Waals surface area contributed by atoms with Crippen LogP contribution in [-0.4, -0.2) is 28.9 Å². The Bertz CT molecular complexity index is 887. The van der Waals surface area contributed by atoms with Crippen LogP contribution in [0.3, 0.4) is 0 Å². The minimum atomic E-state index is -0.200. The lowest BCUT2D eigenvalue weighted by atomic mass is 10.2. The number of hydrogen-bond donors (Lipinski definition) is 0. The second-order valence-corrected chi connectivity index (χ2v) is 6.97. The molecule has 2 aromatic carbocycles. The van der Waals surface area contributed by atoms with Crippen molar-refractivity contribution in [1.82, 2.24) is 14.8 Å². The van der Waals surface area contributed by atoms with Crippen LogP contribution in [0, 0.1) is 5.82 Å². The summed E-state index contributed by atoms with van der Waals surface area (Å²) in [5.74, 6) is 1.09. The molecule has 0 spiro atoms. The Morgan fingerprint density at radius 1 is 1.12 bits per heavy atom. The highest BCUT2D eigenvalue weighted by atomic mass is 32.2. The smallest absolute Gasteiger partial charge is 0.192 e. The Hall–Kier alpha value is -2.60. The average molecular weight is 368 g/mol. The third-order valence-electron chi connectivity index (χ3n) is 3.99. The van der Waals surface area contributed by atoms with Gasteiger partial charge in [0.25, 0.3) is 0 Å². The highest BCUT2D eigenvalue weighted by Gasteiger charge is 2.14. The van der Waals surface area contributed by atoms with Gasteiger partial charge in [-0.3, -0.25) is 4.57 Å². The SMILES string of the molecule is C=CCn1c(SCc2ccccc2F)nnc1-c1ccc(N(C)C)cc1. The molecule has 4 nitrogen and oxygen atoms in total. The Kier molecular flexibility index (Phi) is 5.73.